The van der Waals surface area contributed by atoms with Crippen LogP contribution in [0.1, 0.15) is 13.8 Å². The molecule has 64 valence electrons. The molecule has 0 aromatic rings. The molecule has 0 heterocycles. The van der Waals surface area contributed by atoms with Crippen LogP contribution in [0.25, 0.3) is 0 Å². The number of hydrogen-bond acceptors (Lipinski definition) is 3. The zero-order valence-corrected chi connectivity index (χ0v) is 6.61. The molecular formula is C6H12N2O3. The van der Waals surface area contributed by atoms with Crippen molar-refractivity contribution in [2.45, 2.75) is 13.8 Å². The first kappa shape index (κ1) is 9.87. The van der Waals surface area contributed by atoms with Gasteiger partial charge in [-0.1, -0.05) is 13.8 Å². The molecule has 0 spiro atoms. The predicted octanol–water partition coefficient (Wildman–Crippen LogP) is 0.0206. The standard InChI is InChI=1S/C6H12N2O3/c1-4(3-8(10)11)5(2)6(7)9/h4-5H,3H2,1-2H3,(H2,7,9). The molecule has 5 nitrogen and oxygen atoms in total. The molecule has 1 amide bonds. The van der Waals surface area contributed by atoms with Crippen molar-refractivity contribution < 1.29 is 9.72 Å². The van der Waals surface area contributed by atoms with Crippen LogP contribution in [0, 0.1) is 22.0 Å². The number of rotatable bonds is 4. The fraction of sp³-hybridized carbons (Fsp3) is 0.833. The average molecular weight is 160 g/mol. The highest BCUT2D eigenvalue weighted by Gasteiger charge is 2.21. The van der Waals surface area contributed by atoms with Gasteiger partial charge in [0.1, 0.15) is 0 Å². The van der Waals surface area contributed by atoms with Crippen molar-refractivity contribution in [2.75, 3.05) is 6.54 Å². The lowest BCUT2D eigenvalue weighted by atomic mass is 9.96. The van der Waals surface area contributed by atoms with E-state index in [0.717, 1.165) is 0 Å². The molecule has 11 heavy (non-hydrogen) atoms. The molecule has 0 aromatic carbocycles. The van der Waals surface area contributed by atoms with E-state index in [1.54, 1.807) is 13.8 Å². The molecule has 0 aliphatic rings. The summed E-state index contributed by atoms with van der Waals surface area (Å²) in [7, 11) is 0. The van der Waals surface area contributed by atoms with Gasteiger partial charge in [-0.05, 0) is 0 Å². The predicted molar refractivity (Wildman–Crippen MR) is 39.4 cm³/mol. The molecule has 0 bridgehead atoms. The summed E-state index contributed by atoms with van der Waals surface area (Å²) in [4.78, 5) is 20.1. The summed E-state index contributed by atoms with van der Waals surface area (Å²) in [5, 5.41) is 9.99. The zero-order valence-electron chi connectivity index (χ0n) is 6.61. The highest BCUT2D eigenvalue weighted by molar-refractivity contribution is 5.76. The lowest BCUT2D eigenvalue weighted by Gasteiger charge is -2.11. The van der Waals surface area contributed by atoms with Crippen molar-refractivity contribution in [1.29, 1.82) is 0 Å². The molecule has 0 aromatic heterocycles. The molecule has 0 saturated carbocycles. The van der Waals surface area contributed by atoms with Gasteiger partial charge in [0.2, 0.25) is 12.5 Å². The van der Waals surface area contributed by atoms with Gasteiger partial charge in [-0.2, -0.15) is 0 Å². The first-order chi connectivity index (χ1) is 4.95. The maximum Gasteiger partial charge on any atom is 0.220 e. The Morgan fingerprint density at radius 3 is 2.36 bits per heavy atom. The Morgan fingerprint density at radius 2 is 2.09 bits per heavy atom. The van der Waals surface area contributed by atoms with Crippen molar-refractivity contribution in [3.8, 4) is 0 Å². The number of nitrogens with two attached hydrogens (primary N) is 1. The summed E-state index contributed by atoms with van der Waals surface area (Å²) in [5.74, 6) is -1.21. The van der Waals surface area contributed by atoms with Crippen LogP contribution in [0.4, 0.5) is 0 Å². The van der Waals surface area contributed by atoms with Crippen LogP contribution in [0.15, 0.2) is 0 Å². The summed E-state index contributed by atoms with van der Waals surface area (Å²) in [6, 6.07) is 0. The quantitative estimate of drug-likeness (QED) is 0.464. The van der Waals surface area contributed by atoms with Crippen molar-refractivity contribution in [2.24, 2.45) is 17.6 Å². The molecule has 0 fully saturated rings. The first-order valence-corrected chi connectivity index (χ1v) is 3.36. The number of carbonyl (C=O) groups excluding carboxylic acids is 1. The van der Waals surface area contributed by atoms with E-state index in [-0.39, 0.29) is 12.5 Å². The van der Waals surface area contributed by atoms with Crippen LogP contribution in [-0.2, 0) is 4.79 Å². The highest BCUT2D eigenvalue weighted by atomic mass is 16.6. The van der Waals surface area contributed by atoms with Gasteiger partial charge < -0.3 is 5.73 Å². The van der Waals surface area contributed by atoms with Gasteiger partial charge in [-0.25, -0.2) is 0 Å². The smallest absolute Gasteiger partial charge is 0.220 e. The molecule has 0 rings (SSSR count). The van der Waals surface area contributed by atoms with Gasteiger partial charge in [-0.15, -0.1) is 0 Å². The molecule has 2 atom stereocenters. The van der Waals surface area contributed by atoms with Gasteiger partial charge in [0.05, 0.1) is 0 Å². The van der Waals surface area contributed by atoms with Crippen molar-refractivity contribution in [3.63, 3.8) is 0 Å². The summed E-state index contributed by atoms with van der Waals surface area (Å²) < 4.78 is 0. The zero-order chi connectivity index (χ0) is 9.02. The third-order valence-electron chi connectivity index (χ3n) is 1.74. The van der Waals surface area contributed by atoms with E-state index >= 15 is 0 Å². The molecule has 5 heteroatoms. The number of hydrogen-bond donors (Lipinski definition) is 1. The van der Waals surface area contributed by atoms with Crippen LogP contribution in [-0.4, -0.2) is 17.4 Å². The van der Waals surface area contributed by atoms with Crippen molar-refractivity contribution in [3.05, 3.63) is 10.1 Å². The fourth-order valence-corrected chi connectivity index (χ4v) is 0.674. The number of primary amides is 1. The minimum Gasteiger partial charge on any atom is -0.369 e. The second kappa shape index (κ2) is 3.90. The molecule has 0 aliphatic heterocycles. The second-order valence-electron chi connectivity index (χ2n) is 2.68. The lowest BCUT2D eigenvalue weighted by Crippen LogP contribution is -2.29. The first-order valence-electron chi connectivity index (χ1n) is 3.36. The number of nitro groups is 1. The Balaban J connectivity index is 3.92. The van der Waals surface area contributed by atoms with Crippen LogP contribution in [0.2, 0.25) is 0 Å². The molecule has 0 aliphatic carbocycles. The van der Waals surface area contributed by atoms with Crippen molar-refractivity contribution >= 4 is 5.91 Å². The Kier molecular flexibility index (Phi) is 3.50. The summed E-state index contributed by atoms with van der Waals surface area (Å²) >= 11 is 0. The molecule has 0 radical (unpaired) electrons. The van der Waals surface area contributed by atoms with E-state index in [0.29, 0.717) is 0 Å². The van der Waals surface area contributed by atoms with Crippen LogP contribution in [0.3, 0.4) is 0 Å². The van der Waals surface area contributed by atoms with Gasteiger partial charge >= 0.3 is 0 Å². The maximum absolute atomic E-state index is 10.5. The van der Waals surface area contributed by atoms with E-state index in [4.69, 9.17) is 5.73 Å². The Bertz CT molecular complexity index is 169. The largest absolute Gasteiger partial charge is 0.369 e. The number of carbonyl (C=O) groups is 1. The van der Waals surface area contributed by atoms with Gasteiger partial charge in [0.15, 0.2) is 0 Å². The molecule has 2 unspecified atom stereocenters. The Labute approximate surface area is 64.7 Å². The highest BCUT2D eigenvalue weighted by Crippen LogP contribution is 2.09. The van der Waals surface area contributed by atoms with E-state index in [2.05, 4.69) is 0 Å². The lowest BCUT2D eigenvalue weighted by molar-refractivity contribution is -0.488. The number of nitrogens with zero attached hydrogens (tertiary/aromatic N) is 1. The molecule has 2 N–H and O–H groups in total. The third kappa shape index (κ3) is 3.54. The fourth-order valence-electron chi connectivity index (χ4n) is 0.674. The SMILES string of the molecule is CC(C[N+](=O)[O-])C(C)C(N)=O. The van der Waals surface area contributed by atoms with Gasteiger partial charge in [0.25, 0.3) is 0 Å². The summed E-state index contributed by atoms with van der Waals surface area (Å²) in [6.45, 7) is 3.03. The van der Waals surface area contributed by atoms with E-state index in [9.17, 15) is 14.9 Å². The monoisotopic (exact) mass is 160 g/mol. The second-order valence-corrected chi connectivity index (χ2v) is 2.68. The Morgan fingerprint density at radius 1 is 1.64 bits per heavy atom. The summed E-state index contributed by atoms with van der Waals surface area (Å²) in [5.41, 5.74) is 4.95. The van der Waals surface area contributed by atoms with E-state index in [1.165, 1.54) is 0 Å². The molecular weight excluding hydrogens is 148 g/mol. The maximum atomic E-state index is 10.5. The average Bonchev–Trinajstić information content (AvgIpc) is 1.84. The van der Waals surface area contributed by atoms with E-state index < -0.39 is 16.7 Å². The van der Waals surface area contributed by atoms with Crippen LogP contribution in [0.5, 0.6) is 0 Å². The Hall–Kier alpha value is -1.13. The van der Waals surface area contributed by atoms with Crippen molar-refractivity contribution in [1.82, 2.24) is 0 Å². The number of amides is 1. The normalized spacial score (nSPS) is 15.5. The third-order valence-corrected chi connectivity index (χ3v) is 1.74. The topological polar surface area (TPSA) is 86.2 Å². The molecule has 0 saturated heterocycles. The minimum absolute atomic E-state index is 0.204. The van der Waals surface area contributed by atoms with Gasteiger partial charge in [-0.3, -0.25) is 14.9 Å². The van der Waals surface area contributed by atoms with Crippen LogP contribution < -0.4 is 5.73 Å². The summed E-state index contributed by atoms with van der Waals surface area (Å²) in [6.07, 6.45) is 0. The van der Waals surface area contributed by atoms with E-state index in [1.807, 2.05) is 0 Å². The minimum atomic E-state index is -0.487. The van der Waals surface area contributed by atoms with Gasteiger partial charge in [0, 0.05) is 16.8 Å². The van der Waals surface area contributed by atoms with Crippen LogP contribution >= 0.6 is 0 Å².